The van der Waals surface area contributed by atoms with Crippen LogP contribution in [0.2, 0.25) is 5.02 Å². The Morgan fingerprint density at radius 3 is 2.80 bits per heavy atom. The maximum atomic E-state index is 6.22. The van der Waals surface area contributed by atoms with E-state index >= 15 is 0 Å². The van der Waals surface area contributed by atoms with E-state index in [0.717, 1.165) is 11.3 Å². The molecular formula is C14H14ClN3O2. The summed E-state index contributed by atoms with van der Waals surface area (Å²) in [6, 6.07) is 3.63. The van der Waals surface area contributed by atoms with Crippen molar-refractivity contribution in [1.82, 2.24) is 9.78 Å². The monoisotopic (exact) mass is 291 g/mol. The lowest BCUT2D eigenvalue weighted by atomic mass is 10.2. The highest BCUT2D eigenvalue weighted by Crippen LogP contribution is 2.38. The van der Waals surface area contributed by atoms with Crippen LogP contribution in [0.4, 0.5) is 5.69 Å². The lowest BCUT2D eigenvalue weighted by Gasteiger charge is -2.20. The van der Waals surface area contributed by atoms with Gasteiger partial charge in [-0.3, -0.25) is 0 Å². The molecule has 20 heavy (non-hydrogen) atoms. The number of halogens is 1. The van der Waals surface area contributed by atoms with Crippen molar-refractivity contribution in [2.75, 3.05) is 18.5 Å². The van der Waals surface area contributed by atoms with Crippen molar-refractivity contribution in [3.8, 4) is 11.5 Å². The minimum Gasteiger partial charge on any atom is -0.486 e. The van der Waals surface area contributed by atoms with Crippen LogP contribution in [0.15, 0.2) is 31.1 Å². The zero-order chi connectivity index (χ0) is 13.9. The Morgan fingerprint density at radius 2 is 2.10 bits per heavy atom. The largest absolute Gasteiger partial charge is 0.486 e. The predicted octanol–water partition coefficient (Wildman–Crippen LogP) is 3.02. The zero-order valence-corrected chi connectivity index (χ0v) is 11.6. The minimum atomic E-state index is 0.552. The quantitative estimate of drug-likeness (QED) is 0.941. The van der Waals surface area contributed by atoms with E-state index < -0.39 is 0 Å². The van der Waals surface area contributed by atoms with Gasteiger partial charge in [-0.2, -0.15) is 5.10 Å². The van der Waals surface area contributed by atoms with Crippen molar-refractivity contribution >= 4 is 23.5 Å². The smallest absolute Gasteiger partial charge is 0.163 e. The van der Waals surface area contributed by atoms with Crippen LogP contribution in [0, 0.1) is 0 Å². The average Bonchev–Trinajstić information content (AvgIpc) is 2.93. The minimum absolute atomic E-state index is 0.552. The molecule has 0 atom stereocenters. The van der Waals surface area contributed by atoms with Gasteiger partial charge >= 0.3 is 0 Å². The average molecular weight is 292 g/mol. The van der Waals surface area contributed by atoms with Crippen molar-refractivity contribution in [2.45, 2.75) is 6.54 Å². The van der Waals surface area contributed by atoms with Gasteiger partial charge in [0.05, 0.1) is 16.9 Å². The summed E-state index contributed by atoms with van der Waals surface area (Å²) in [4.78, 5) is 0. The molecule has 6 heteroatoms. The van der Waals surface area contributed by atoms with Crippen molar-refractivity contribution in [2.24, 2.45) is 0 Å². The summed E-state index contributed by atoms with van der Waals surface area (Å²) in [6.45, 7) is 5.38. The molecule has 1 aromatic carbocycles. The summed E-state index contributed by atoms with van der Waals surface area (Å²) in [6.07, 6.45) is 5.31. The van der Waals surface area contributed by atoms with Crippen LogP contribution in [0.5, 0.6) is 11.5 Å². The molecule has 0 bridgehead atoms. The molecule has 0 saturated heterocycles. The molecule has 2 heterocycles. The van der Waals surface area contributed by atoms with Gasteiger partial charge in [0.2, 0.25) is 0 Å². The second-order valence-corrected chi connectivity index (χ2v) is 4.75. The summed E-state index contributed by atoms with van der Waals surface area (Å²) in [5, 5.41) is 7.98. The van der Waals surface area contributed by atoms with Crippen molar-refractivity contribution in [3.05, 3.63) is 41.7 Å². The molecule has 1 N–H and O–H groups in total. The number of aromatic nitrogens is 2. The number of nitrogens with one attached hydrogen (secondary N) is 1. The Kier molecular flexibility index (Phi) is 3.52. The third-order valence-electron chi connectivity index (χ3n) is 2.96. The van der Waals surface area contributed by atoms with E-state index in [0.29, 0.717) is 36.3 Å². The van der Waals surface area contributed by atoms with Gasteiger partial charge in [-0.1, -0.05) is 18.2 Å². The van der Waals surface area contributed by atoms with Crippen LogP contribution in [0.3, 0.4) is 0 Å². The van der Waals surface area contributed by atoms with E-state index in [2.05, 4.69) is 17.0 Å². The van der Waals surface area contributed by atoms with Gasteiger partial charge in [-0.15, -0.1) is 0 Å². The summed E-state index contributed by atoms with van der Waals surface area (Å²) in [5.41, 5.74) is 1.85. The van der Waals surface area contributed by atoms with E-state index in [1.807, 2.05) is 12.3 Å². The van der Waals surface area contributed by atoms with Crippen LogP contribution in [0.25, 0.3) is 6.20 Å². The topological polar surface area (TPSA) is 48.3 Å². The van der Waals surface area contributed by atoms with E-state index in [1.165, 1.54) is 0 Å². The number of hydrogen-bond acceptors (Lipinski definition) is 4. The highest BCUT2D eigenvalue weighted by atomic mass is 35.5. The van der Waals surface area contributed by atoms with E-state index in [-0.39, 0.29) is 0 Å². The fourth-order valence-electron chi connectivity index (χ4n) is 1.97. The SMILES string of the molecule is C=Cn1cc(CNc2cc3c(cc2Cl)OCCO3)cn1. The van der Waals surface area contributed by atoms with Gasteiger partial charge in [-0.05, 0) is 0 Å². The van der Waals surface area contributed by atoms with E-state index in [4.69, 9.17) is 21.1 Å². The molecule has 0 amide bonds. The fraction of sp³-hybridized carbons (Fsp3) is 0.214. The number of rotatable bonds is 4. The molecule has 2 aromatic rings. The molecule has 0 unspecified atom stereocenters. The van der Waals surface area contributed by atoms with Gasteiger partial charge in [0.1, 0.15) is 13.2 Å². The molecule has 0 radical (unpaired) electrons. The normalized spacial score (nSPS) is 13.1. The fourth-order valence-corrected chi connectivity index (χ4v) is 2.19. The maximum absolute atomic E-state index is 6.22. The molecule has 0 fully saturated rings. The summed E-state index contributed by atoms with van der Waals surface area (Å²) >= 11 is 6.22. The molecule has 0 saturated carbocycles. The first-order chi connectivity index (χ1) is 9.76. The molecule has 0 aliphatic carbocycles. The third-order valence-corrected chi connectivity index (χ3v) is 3.27. The Bertz CT molecular complexity index is 639. The Balaban J connectivity index is 1.75. The highest BCUT2D eigenvalue weighted by Gasteiger charge is 2.15. The van der Waals surface area contributed by atoms with Gasteiger partial charge in [0.25, 0.3) is 0 Å². The number of fused-ring (bicyclic) bond motifs is 1. The molecule has 104 valence electrons. The van der Waals surface area contributed by atoms with Gasteiger partial charge in [-0.25, -0.2) is 4.68 Å². The van der Waals surface area contributed by atoms with Crippen LogP contribution in [-0.4, -0.2) is 23.0 Å². The summed E-state index contributed by atoms with van der Waals surface area (Å²) < 4.78 is 12.7. The molecule has 1 aromatic heterocycles. The Labute approximate surface area is 121 Å². The second kappa shape index (κ2) is 5.46. The second-order valence-electron chi connectivity index (χ2n) is 4.34. The lowest BCUT2D eigenvalue weighted by molar-refractivity contribution is 0.171. The van der Waals surface area contributed by atoms with Crippen LogP contribution < -0.4 is 14.8 Å². The zero-order valence-electron chi connectivity index (χ0n) is 10.8. The van der Waals surface area contributed by atoms with Crippen LogP contribution >= 0.6 is 11.6 Å². The number of benzene rings is 1. The third kappa shape index (κ3) is 2.58. The van der Waals surface area contributed by atoms with E-state index in [1.54, 1.807) is 23.1 Å². The highest BCUT2D eigenvalue weighted by molar-refractivity contribution is 6.33. The first-order valence-corrected chi connectivity index (χ1v) is 6.62. The first kappa shape index (κ1) is 12.9. The van der Waals surface area contributed by atoms with Crippen LogP contribution in [0.1, 0.15) is 5.56 Å². The summed E-state index contributed by atoms with van der Waals surface area (Å²) in [7, 11) is 0. The maximum Gasteiger partial charge on any atom is 0.163 e. The lowest BCUT2D eigenvalue weighted by Crippen LogP contribution is -2.15. The Hall–Kier alpha value is -2.14. The predicted molar refractivity (Wildman–Crippen MR) is 78.4 cm³/mol. The number of nitrogens with zero attached hydrogens (tertiary/aromatic N) is 2. The van der Waals surface area contributed by atoms with Crippen molar-refractivity contribution in [3.63, 3.8) is 0 Å². The number of ether oxygens (including phenoxy) is 2. The standard InChI is InChI=1S/C14H14ClN3O2/c1-2-18-9-10(8-17-18)7-16-12-6-14-13(5-11(12)15)19-3-4-20-14/h2,5-6,8-9,16H,1,3-4,7H2. The molecule has 1 aliphatic heterocycles. The molecule has 3 rings (SSSR count). The van der Waals surface area contributed by atoms with Crippen molar-refractivity contribution < 1.29 is 9.47 Å². The van der Waals surface area contributed by atoms with Crippen molar-refractivity contribution in [1.29, 1.82) is 0 Å². The molecule has 5 nitrogen and oxygen atoms in total. The van der Waals surface area contributed by atoms with E-state index in [9.17, 15) is 0 Å². The molecular weight excluding hydrogens is 278 g/mol. The number of hydrogen-bond donors (Lipinski definition) is 1. The van der Waals surface area contributed by atoms with Crippen LogP contribution in [-0.2, 0) is 6.54 Å². The van der Waals surface area contributed by atoms with Gasteiger partial charge in [0.15, 0.2) is 11.5 Å². The van der Waals surface area contributed by atoms with Gasteiger partial charge in [0, 0.05) is 36.6 Å². The Morgan fingerprint density at radius 1 is 1.35 bits per heavy atom. The number of anilines is 1. The molecule has 0 spiro atoms. The summed E-state index contributed by atoms with van der Waals surface area (Å²) in [5.74, 6) is 1.40. The molecule has 1 aliphatic rings. The first-order valence-electron chi connectivity index (χ1n) is 6.25. The van der Waals surface area contributed by atoms with Gasteiger partial charge < -0.3 is 14.8 Å².